The van der Waals surface area contributed by atoms with Gasteiger partial charge in [0.05, 0.1) is 23.3 Å². The topological polar surface area (TPSA) is 56.9 Å². The van der Waals surface area contributed by atoms with Crippen molar-refractivity contribution in [2.75, 3.05) is 0 Å². The quantitative estimate of drug-likeness (QED) is 0.796. The van der Waals surface area contributed by atoms with Gasteiger partial charge in [0, 0.05) is 18.0 Å². The van der Waals surface area contributed by atoms with Crippen LogP contribution in [0.1, 0.15) is 22.8 Å². The van der Waals surface area contributed by atoms with E-state index < -0.39 is 6.10 Å². The first-order valence-corrected chi connectivity index (χ1v) is 6.78. The van der Waals surface area contributed by atoms with Crippen LogP contribution >= 0.6 is 0 Å². The van der Waals surface area contributed by atoms with Gasteiger partial charge in [-0.2, -0.15) is 5.26 Å². The Balaban J connectivity index is 1.93. The number of benzene rings is 2. The average molecular weight is 274 g/mol. The molecular formula is C18H14N2O. The second-order valence-corrected chi connectivity index (χ2v) is 4.94. The van der Waals surface area contributed by atoms with Gasteiger partial charge in [-0.25, -0.2) is 0 Å². The van der Waals surface area contributed by atoms with E-state index in [0.717, 1.165) is 22.0 Å². The molecule has 1 atom stereocenters. The number of pyridine rings is 1. The number of hydrogen-bond donors (Lipinski definition) is 1. The number of nitriles is 1. The first kappa shape index (κ1) is 13.3. The van der Waals surface area contributed by atoms with E-state index in [1.54, 1.807) is 24.4 Å². The molecule has 0 spiro atoms. The number of fused-ring (bicyclic) bond motifs is 1. The molecule has 3 aromatic rings. The van der Waals surface area contributed by atoms with Gasteiger partial charge >= 0.3 is 0 Å². The lowest BCUT2D eigenvalue weighted by molar-refractivity contribution is 0.179. The number of aliphatic hydroxyl groups excluding tert-OH is 1. The predicted octanol–water partition coefficient (Wildman–Crippen LogP) is 3.38. The minimum atomic E-state index is -0.635. The summed E-state index contributed by atoms with van der Waals surface area (Å²) in [5.74, 6) is 0. The molecule has 0 aliphatic rings. The van der Waals surface area contributed by atoms with Crippen LogP contribution in [-0.4, -0.2) is 10.1 Å². The van der Waals surface area contributed by atoms with Gasteiger partial charge in [-0.1, -0.05) is 30.3 Å². The zero-order valence-electron chi connectivity index (χ0n) is 11.4. The SMILES string of the molecule is N#Cc1cccc(C(O)Cc2ccnc3ccccc23)c1. The van der Waals surface area contributed by atoms with Crippen LogP contribution in [0.5, 0.6) is 0 Å². The molecule has 1 unspecified atom stereocenters. The number of aromatic nitrogens is 1. The molecule has 3 heteroatoms. The summed E-state index contributed by atoms with van der Waals surface area (Å²) in [6.07, 6.45) is 1.62. The van der Waals surface area contributed by atoms with Crippen molar-refractivity contribution in [3.05, 3.63) is 77.5 Å². The standard InChI is InChI=1S/C18H14N2O/c19-12-13-4-3-5-15(10-13)18(21)11-14-8-9-20-17-7-2-1-6-16(14)17/h1-10,18,21H,11H2. The highest BCUT2D eigenvalue weighted by atomic mass is 16.3. The van der Waals surface area contributed by atoms with Crippen LogP contribution < -0.4 is 0 Å². The number of hydrogen-bond acceptors (Lipinski definition) is 3. The van der Waals surface area contributed by atoms with Crippen molar-refractivity contribution in [3.63, 3.8) is 0 Å². The fourth-order valence-electron chi connectivity index (χ4n) is 2.47. The largest absolute Gasteiger partial charge is 0.388 e. The molecular weight excluding hydrogens is 260 g/mol. The van der Waals surface area contributed by atoms with Gasteiger partial charge in [-0.3, -0.25) is 4.98 Å². The Morgan fingerprint density at radius 2 is 1.95 bits per heavy atom. The molecule has 0 aliphatic heterocycles. The molecule has 0 amide bonds. The Hall–Kier alpha value is -2.70. The van der Waals surface area contributed by atoms with Crippen LogP contribution in [0.15, 0.2) is 60.8 Å². The normalized spacial score (nSPS) is 12.0. The van der Waals surface area contributed by atoms with Crippen molar-refractivity contribution < 1.29 is 5.11 Å². The first-order chi connectivity index (χ1) is 10.3. The monoisotopic (exact) mass is 274 g/mol. The van der Waals surface area contributed by atoms with Crippen molar-refractivity contribution >= 4 is 10.9 Å². The predicted molar refractivity (Wildman–Crippen MR) is 81.6 cm³/mol. The zero-order chi connectivity index (χ0) is 14.7. The molecule has 1 N–H and O–H groups in total. The molecule has 0 radical (unpaired) electrons. The highest BCUT2D eigenvalue weighted by Gasteiger charge is 2.11. The Kier molecular flexibility index (Phi) is 3.63. The fourth-order valence-corrected chi connectivity index (χ4v) is 2.47. The van der Waals surface area contributed by atoms with Gasteiger partial charge in [0.1, 0.15) is 0 Å². The summed E-state index contributed by atoms with van der Waals surface area (Å²) < 4.78 is 0. The number of para-hydroxylation sites is 1. The lowest BCUT2D eigenvalue weighted by Gasteiger charge is -2.13. The van der Waals surface area contributed by atoms with Gasteiger partial charge in [-0.05, 0) is 35.4 Å². The Bertz CT molecular complexity index is 815. The Morgan fingerprint density at radius 1 is 1.10 bits per heavy atom. The molecule has 2 aromatic carbocycles. The van der Waals surface area contributed by atoms with Crippen LogP contribution in [0, 0.1) is 11.3 Å². The number of nitrogens with zero attached hydrogens (tertiary/aromatic N) is 2. The smallest absolute Gasteiger partial charge is 0.0991 e. The summed E-state index contributed by atoms with van der Waals surface area (Å²) in [5, 5.41) is 20.4. The summed E-state index contributed by atoms with van der Waals surface area (Å²) in [6, 6.07) is 19.0. The van der Waals surface area contributed by atoms with E-state index in [0.29, 0.717) is 12.0 Å². The maximum absolute atomic E-state index is 10.4. The molecule has 0 saturated carbocycles. The second kappa shape index (κ2) is 5.74. The number of aliphatic hydroxyl groups is 1. The molecule has 0 aliphatic carbocycles. The maximum Gasteiger partial charge on any atom is 0.0991 e. The van der Waals surface area contributed by atoms with Crippen molar-refractivity contribution in [1.82, 2.24) is 4.98 Å². The highest BCUT2D eigenvalue weighted by Crippen LogP contribution is 2.23. The molecule has 1 heterocycles. The molecule has 1 aromatic heterocycles. The molecule has 102 valence electrons. The average Bonchev–Trinajstić information content (AvgIpc) is 2.55. The van der Waals surface area contributed by atoms with Crippen LogP contribution in [0.2, 0.25) is 0 Å². The van der Waals surface area contributed by atoms with Crippen LogP contribution in [-0.2, 0) is 6.42 Å². The summed E-state index contributed by atoms with van der Waals surface area (Å²) in [6.45, 7) is 0. The third-order valence-electron chi connectivity index (χ3n) is 3.55. The van der Waals surface area contributed by atoms with E-state index in [4.69, 9.17) is 5.26 Å². The summed E-state index contributed by atoms with van der Waals surface area (Å²) >= 11 is 0. The molecule has 0 fully saturated rings. The lowest BCUT2D eigenvalue weighted by atomic mass is 9.98. The molecule has 3 nitrogen and oxygen atoms in total. The van der Waals surface area contributed by atoms with E-state index in [1.165, 1.54) is 0 Å². The minimum absolute atomic E-state index is 0.498. The van der Waals surface area contributed by atoms with Gasteiger partial charge in [0.25, 0.3) is 0 Å². The Morgan fingerprint density at radius 3 is 2.81 bits per heavy atom. The van der Waals surface area contributed by atoms with E-state index in [2.05, 4.69) is 11.1 Å². The molecule has 3 rings (SSSR count). The van der Waals surface area contributed by atoms with Crippen LogP contribution in [0.4, 0.5) is 0 Å². The zero-order valence-corrected chi connectivity index (χ0v) is 11.4. The lowest BCUT2D eigenvalue weighted by Crippen LogP contribution is -2.03. The van der Waals surface area contributed by atoms with E-state index in [1.807, 2.05) is 36.4 Å². The summed E-state index contributed by atoms with van der Waals surface area (Å²) in [4.78, 5) is 4.32. The van der Waals surface area contributed by atoms with Gasteiger partial charge in [0.2, 0.25) is 0 Å². The van der Waals surface area contributed by atoms with Crippen molar-refractivity contribution in [1.29, 1.82) is 5.26 Å². The van der Waals surface area contributed by atoms with Crippen LogP contribution in [0.3, 0.4) is 0 Å². The third kappa shape index (κ3) is 2.76. The van der Waals surface area contributed by atoms with E-state index in [-0.39, 0.29) is 0 Å². The minimum Gasteiger partial charge on any atom is -0.388 e. The molecule has 0 bridgehead atoms. The summed E-state index contributed by atoms with van der Waals surface area (Å²) in [5.41, 5.74) is 3.30. The maximum atomic E-state index is 10.4. The summed E-state index contributed by atoms with van der Waals surface area (Å²) in [7, 11) is 0. The fraction of sp³-hybridized carbons (Fsp3) is 0.111. The third-order valence-corrected chi connectivity index (χ3v) is 3.55. The van der Waals surface area contributed by atoms with Crippen molar-refractivity contribution in [2.24, 2.45) is 0 Å². The van der Waals surface area contributed by atoms with E-state index >= 15 is 0 Å². The van der Waals surface area contributed by atoms with Crippen molar-refractivity contribution in [3.8, 4) is 6.07 Å². The number of rotatable bonds is 3. The highest BCUT2D eigenvalue weighted by molar-refractivity contribution is 5.81. The van der Waals surface area contributed by atoms with Gasteiger partial charge in [0.15, 0.2) is 0 Å². The Labute approximate surface area is 123 Å². The van der Waals surface area contributed by atoms with E-state index in [9.17, 15) is 5.11 Å². The van der Waals surface area contributed by atoms with Gasteiger partial charge < -0.3 is 5.11 Å². The second-order valence-electron chi connectivity index (χ2n) is 4.94. The van der Waals surface area contributed by atoms with Crippen LogP contribution in [0.25, 0.3) is 10.9 Å². The molecule has 21 heavy (non-hydrogen) atoms. The molecule has 0 saturated heterocycles. The van der Waals surface area contributed by atoms with Gasteiger partial charge in [-0.15, -0.1) is 0 Å². The first-order valence-electron chi connectivity index (χ1n) is 6.78. The van der Waals surface area contributed by atoms with Crippen molar-refractivity contribution in [2.45, 2.75) is 12.5 Å².